The molecule has 0 heterocycles. The summed E-state index contributed by atoms with van der Waals surface area (Å²) in [5, 5.41) is -1.50. The Morgan fingerprint density at radius 3 is 1.34 bits per heavy atom. The molecule has 0 saturated carbocycles. The third-order valence-corrected chi connectivity index (χ3v) is 7.81. The fourth-order valence-corrected chi connectivity index (χ4v) is 6.38. The summed E-state index contributed by atoms with van der Waals surface area (Å²) in [6.07, 6.45) is 2.31. The molecule has 0 amide bonds. The van der Waals surface area contributed by atoms with Crippen molar-refractivity contribution in [1.82, 2.24) is 0 Å². The van der Waals surface area contributed by atoms with Gasteiger partial charge in [0.1, 0.15) is 0 Å². The molecule has 0 aromatic heterocycles. The smallest absolute Gasteiger partial charge is 0.204 e. The van der Waals surface area contributed by atoms with Crippen LogP contribution in [0.2, 0.25) is 0 Å². The summed E-state index contributed by atoms with van der Waals surface area (Å²) < 4.78 is 64.5. The molecule has 3 rings (SSSR count). The lowest BCUT2D eigenvalue weighted by molar-refractivity contribution is 0.392. The van der Waals surface area contributed by atoms with Gasteiger partial charge in [-0.25, -0.2) is 17.6 Å². The number of aryl methyl sites for hydroxylation is 6. The van der Waals surface area contributed by atoms with Gasteiger partial charge in [-0.2, -0.15) is 0 Å². The average molecular weight is 520 g/mol. The topological polar surface area (TPSA) is 0 Å². The predicted octanol–water partition coefficient (Wildman–Crippen LogP) is 6.96. The van der Waals surface area contributed by atoms with Gasteiger partial charge in [-0.1, -0.05) is 115 Å². The predicted molar refractivity (Wildman–Crippen MR) is 154 cm³/mol. The zero-order valence-electron chi connectivity index (χ0n) is 24.0. The normalized spacial score (nSPS) is 13.1. The maximum absolute atomic E-state index is 16.3. The van der Waals surface area contributed by atoms with Crippen LogP contribution in [0, 0.1) is 64.8 Å². The molecule has 2 radical (unpaired) electrons. The highest BCUT2D eigenvalue weighted by atomic mass is 19.2. The van der Waals surface area contributed by atoms with Crippen LogP contribution in [0.15, 0.2) is 24.3 Å². The second-order valence-electron chi connectivity index (χ2n) is 11.1. The molecule has 0 nitrogen and oxygen atoms in total. The largest absolute Gasteiger partial charge is 0.250 e. The summed E-state index contributed by atoms with van der Waals surface area (Å²) in [7, 11) is 6.52. The van der Waals surface area contributed by atoms with Crippen LogP contribution in [0.1, 0.15) is 84.9 Å². The van der Waals surface area contributed by atoms with Crippen LogP contribution in [0.25, 0.3) is 0 Å². The van der Waals surface area contributed by atoms with Gasteiger partial charge in [-0.3, -0.25) is 0 Å². The second kappa shape index (κ2) is 11.7. The molecule has 0 N–H and O–H groups in total. The zero-order chi connectivity index (χ0) is 28.5. The van der Waals surface area contributed by atoms with E-state index in [2.05, 4.69) is 0 Å². The van der Waals surface area contributed by atoms with E-state index in [1.165, 1.54) is 0 Å². The van der Waals surface area contributed by atoms with Gasteiger partial charge >= 0.3 is 0 Å². The molecule has 0 fully saturated rings. The van der Waals surface area contributed by atoms with E-state index >= 15 is 17.6 Å². The van der Waals surface area contributed by atoms with Crippen molar-refractivity contribution in [3.8, 4) is 0 Å². The van der Waals surface area contributed by atoms with Crippen LogP contribution in [0.3, 0.4) is 0 Å². The summed E-state index contributed by atoms with van der Waals surface area (Å²) in [5.41, 5.74) is 5.21. The molecule has 6 heteroatoms. The first kappa shape index (κ1) is 30.1. The van der Waals surface area contributed by atoms with E-state index in [0.717, 1.165) is 39.8 Å². The van der Waals surface area contributed by atoms with Crippen LogP contribution in [-0.4, -0.2) is 14.6 Å². The highest BCUT2D eigenvalue weighted by Crippen LogP contribution is 2.36. The second-order valence-corrected chi connectivity index (χ2v) is 11.1. The van der Waals surface area contributed by atoms with Crippen molar-refractivity contribution < 1.29 is 17.6 Å². The van der Waals surface area contributed by atoms with E-state index in [-0.39, 0.29) is 12.8 Å². The summed E-state index contributed by atoms with van der Waals surface area (Å²) in [5.74, 6) is -5.52. The van der Waals surface area contributed by atoms with Gasteiger partial charge in [0.05, 0.1) is 7.85 Å². The van der Waals surface area contributed by atoms with Crippen molar-refractivity contribution in [3.05, 3.63) is 86.5 Å². The van der Waals surface area contributed by atoms with E-state index in [1.54, 1.807) is 0 Å². The van der Waals surface area contributed by atoms with Crippen molar-refractivity contribution in [2.24, 2.45) is 0 Å². The average Bonchev–Trinajstić information content (AvgIpc) is 2.80. The van der Waals surface area contributed by atoms with Crippen LogP contribution < -0.4 is 16.4 Å². The number of benzene rings is 3. The van der Waals surface area contributed by atoms with E-state index in [9.17, 15) is 0 Å². The molecular formula is C32H38B2F4. The van der Waals surface area contributed by atoms with Crippen LogP contribution in [0.5, 0.6) is 0 Å². The Morgan fingerprint density at radius 2 is 1.00 bits per heavy atom. The molecular weight excluding hydrogens is 482 g/mol. The third kappa shape index (κ3) is 5.46. The minimum Gasteiger partial charge on any atom is -0.204 e. The molecule has 38 heavy (non-hydrogen) atoms. The fraction of sp³-hybridized carbons (Fsp3) is 0.438. The van der Waals surface area contributed by atoms with Gasteiger partial charge in [0.25, 0.3) is 6.71 Å². The summed E-state index contributed by atoms with van der Waals surface area (Å²) in [6.45, 7) is 14.1. The monoisotopic (exact) mass is 520 g/mol. The molecule has 0 aliphatic rings. The Hall–Kier alpha value is -2.49. The molecule has 0 aliphatic heterocycles. The van der Waals surface area contributed by atoms with Crippen LogP contribution >= 0.6 is 0 Å². The van der Waals surface area contributed by atoms with E-state index in [0.29, 0.717) is 23.8 Å². The minimum absolute atomic E-state index is 0.217. The van der Waals surface area contributed by atoms with Crippen LogP contribution in [0.4, 0.5) is 17.6 Å². The summed E-state index contributed by atoms with van der Waals surface area (Å²) >= 11 is 0. The lowest BCUT2D eigenvalue weighted by atomic mass is 9.33. The number of hydrogen-bond acceptors (Lipinski definition) is 0. The summed E-state index contributed by atoms with van der Waals surface area (Å²) in [4.78, 5) is 0. The van der Waals surface area contributed by atoms with E-state index in [4.69, 9.17) is 7.85 Å². The maximum atomic E-state index is 16.3. The first-order valence-electron chi connectivity index (χ1n) is 13.6. The quantitative estimate of drug-likeness (QED) is 0.163. The van der Waals surface area contributed by atoms with Gasteiger partial charge in [-0.15, -0.1) is 0 Å². The van der Waals surface area contributed by atoms with Crippen molar-refractivity contribution >= 4 is 30.9 Å². The molecule has 3 aromatic carbocycles. The number of rotatable bonds is 9. The fourth-order valence-electron chi connectivity index (χ4n) is 6.38. The Bertz CT molecular complexity index is 1220. The summed E-state index contributed by atoms with van der Waals surface area (Å²) in [6, 6.07) is 7.73. The lowest BCUT2D eigenvalue weighted by Crippen LogP contribution is -2.58. The Labute approximate surface area is 227 Å². The van der Waals surface area contributed by atoms with Gasteiger partial charge in [-0.05, 0) is 46.9 Å². The maximum Gasteiger partial charge on any atom is 0.250 e. The highest BCUT2D eigenvalue weighted by Gasteiger charge is 2.41. The molecule has 200 valence electrons. The van der Waals surface area contributed by atoms with Crippen molar-refractivity contribution in [2.45, 2.75) is 92.8 Å². The number of hydrogen-bond donors (Lipinski definition) is 0. The van der Waals surface area contributed by atoms with Gasteiger partial charge < -0.3 is 0 Å². The van der Waals surface area contributed by atoms with Gasteiger partial charge in [0.2, 0.25) is 0 Å². The van der Waals surface area contributed by atoms with E-state index < -0.39 is 46.3 Å². The number of halogens is 4. The molecule has 0 saturated heterocycles. The van der Waals surface area contributed by atoms with Crippen molar-refractivity contribution in [2.75, 3.05) is 0 Å². The van der Waals surface area contributed by atoms with Crippen LogP contribution in [-0.2, 0) is 5.31 Å². The SMILES string of the molecule is [B]C(CCC)(CCCC)c1c(F)c(F)c(B(c2c(C)cc(C)cc2C)c2c(C)cc(C)cc2C)c(F)c1F. The molecule has 1 atom stereocenters. The Kier molecular flexibility index (Phi) is 9.27. The zero-order valence-corrected chi connectivity index (χ0v) is 24.0. The highest BCUT2D eigenvalue weighted by molar-refractivity contribution is 6.96. The van der Waals surface area contributed by atoms with Gasteiger partial charge in [0, 0.05) is 11.0 Å². The van der Waals surface area contributed by atoms with E-state index in [1.807, 2.05) is 79.7 Å². The lowest BCUT2D eigenvalue weighted by Gasteiger charge is -2.33. The Balaban J connectivity index is 2.47. The van der Waals surface area contributed by atoms with Crippen molar-refractivity contribution in [1.29, 1.82) is 0 Å². The molecule has 0 bridgehead atoms. The first-order chi connectivity index (χ1) is 17.8. The van der Waals surface area contributed by atoms with Gasteiger partial charge in [0.15, 0.2) is 23.3 Å². The molecule has 0 aliphatic carbocycles. The Morgan fingerprint density at radius 1 is 0.605 bits per heavy atom. The first-order valence-corrected chi connectivity index (χ1v) is 13.6. The minimum atomic E-state index is -1.50. The van der Waals surface area contributed by atoms with Crippen molar-refractivity contribution in [3.63, 3.8) is 0 Å². The molecule has 3 aromatic rings. The molecule has 1 unspecified atom stereocenters. The standard InChI is InChI=1S/C32H38B2F4/c1-9-11-13-32(33,12-10-2)24-28(35)30(37)27(31(38)29(24)36)34(25-20(5)14-18(3)15-21(25)6)26-22(7)16-19(4)17-23(26)8/h14-17H,9-13H2,1-8H3. The third-order valence-electron chi connectivity index (χ3n) is 7.81. The number of unbranched alkanes of at least 4 members (excludes halogenated alkanes) is 1. The molecule has 0 spiro atoms.